The number of ether oxygens (including phenoxy) is 1. The third-order valence-corrected chi connectivity index (χ3v) is 4.44. The summed E-state index contributed by atoms with van der Waals surface area (Å²) in [6, 6.07) is 8.92. The molecule has 1 aromatic carbocycles. The van der Waals surface area contributed by atoms with Gasteiger partial charge in [-0.25, -0.2) is 0 Å². The lowest BCUT2D eigenvalue weighted by molar-refractivity contribution is -0.0324. The van der Waals surface area contributed by atoms with Gasteiger partial charge in [0.2, 0.25) is 0 Å². The van der Waals surface area contributed by atoms with Crippen molar-refractivity contribution in [2.45, 2.75) is 64.0 Å². The van der Waals surface area contributed by atoms with Crippen molar-refractivity contribution in [3.05, 3.63) is 35.4 Å². The summed E-state index contributed by atoms with van der Waals surface area (Å²) in [7, 11) is 0. The molecule has 0 radical (unpaired) electrons. The first-order valence-corrected chi connectivity index (χ1v) is 7.52. The van der Waals surface area contributed by atoms with E-state index in [0.717, 1.165) is 13.0 Å². The summed E-state index contributed by atoms with van der Waals surface area (Å²) >= 11 is 0. The first-order valence-electron chi connectivity index (χ1n) is 7.52. The number of benzene rings is 1. The van der Waals surface area contributed by atoms with Crippen LogP contribution in [0.25, 0.3) is 0 Å². The topological polar surface area (TPSA) is 35.2 Å². The quantitative estimate of drug-likeness (QED) is 0.878. The van der Waals surface area contributed by atoms with Crippen molar-refractivity contribution in [2.24, 2.45) is 5.73 Å². The predicted octanol–water partition coefficient (Wildman–Crippen LogP) is 3.64. The fraction of sp³-hybridized carbons (Fsp3) is 0.647. The Morgan fingerprint density at radius 3 is 2.84 bits per heavy atom. The van der Waals surface area contributed by atoms with E-state index < -0.39 is 0 Å². The van der Waals surface area contributed by atoms with Gasteiger partial charge in [-0.3, -0.25) is 0 Å². The summed E-state index contributed by atoms with van der Waals surface area (Å²) in [4.78, 5) is 0. The summed E-state index contributed by atoms with van der Waals surface area (Å²) in [6.07, 6.45) is 4.77. The largest absolute Gasteiger partial charge is 0.374 e. The highest BCUT2D eigenvalue weighted by atomic mass is 16.5. The number of hydrogen-bond donors (Lipinski definition) is 1. The molecule has 2 N–H and O–H groups in total. The lowest BCUT2D eigenvalue weighted by atomic mass is 9.77. The minimum Gasteiger partial charge on any atom is -0.374 e. The maximum absolute atomic E-state index is 6.40. The Hall–Kier alpha value is -0.860. The zero-order valence-corrected chi connectivity index (χ0v) is 12.5. The van der Waals surface area contributed by atoms with Gasteiger partial charge in [-0.1, -0.05) is 24.3 Å². The molecule has 0 fully saturated rings. The standard InChI is InChI=1S/C17H27NO/c1-4-19-17(2,3)16(18)12-14-10-7-9-13-8-5-6-11-15(13)14/h5-6,8,11,14,16H,4,7,9-10,12,18H2,1-3H3. The van der Waals surface area contributed by atoms with Gasteiger partial charge in [-0.15, -0.1) is 0 Å². The molecule has 0 spiro atoms. The van der Waals surface area contributed by atoms with Gasteiger partial charge in [0.1, 0.15) is 0 Å². The molecule has 2 atom stereocenters. The van der Waals surface area contributed by atoms with Crippen molar-refractivity contribution in [1.82, 2.24) is 0 Å². The van der Waals surface area contributed by atoms with E-state index in [2.05, 4.69) is 38.1 Å². The fourth-order valence-corrected chi connectivity index (χ4v) is 3.17. The second-order valence-electron chi connectivity index (χ2n) is 6.17. The van der Waals surface area contributed by atoms with Crippen LogP contribution in [0.1, 0.15) is 57.1 Å². The highest BCUT2D eigenvalue weighted by Crippen LogP contribution is 2.36. The van der Waals surface area contributed by atoms with Gasteiger partial charge in [0.15, 0.2) is 0 Å². The molecule has 2 nitrogen and oxygen atoms in total. The smallest absolute Gasteiger partial charge is 0.0776 e. The Morgan fingerprint density at radius 1 is 1.37 bits per heavy atom. The van der Waals surface area contributed by atoms with Crippen molar-refractivity contribution in [1.29, 1.82) is 0 Å². The van der Waals surface area contributed by atoms with Crippen LogP contribution >= 0.6 is 0 Å². The zero-order chi connectivity index (χ0) is 13.9. The Labute approximate surface area is 117 Å². The molecule has 1 aliphatic rings. The van der Waals surface area contributed by atoms with E-state index in [4.69, 9.17) is 10.5 Å². The summed E-state index contributed by atoms with van der Waals surface area (Å²) < 4.78 is 5.80. The van der Waals surface area contributed by atoms with Crippen LogP contribution in [0.2, 0.25) is 0 Å². The van der Waals surface area contributed by atoms with E-state index in [9.17, 15) is 0 Å². The van der Waals surface area contributed by atoms with E-state index in [0.29, 0.717) is 5.92 Å². The van der Waals surface area contributed by atoms with Crippen LogP contribution in [-0.2, 0) is 11.2 Å². The number of nitrogens with two attached hydrogens (primary N) is 1. The van der Waals surface area contributed by atoms with Crippen molar-refractivity contribution in [2.75, 3.05) is 6.61 Å². The van der Waals surface area contributed by atoms with E-state index in [1.807, 2.05) is 6.92 Å². The zero-order valence-electron chi connectivity index (χ0n) is 12.5. The fourth-order valence-electron chi connectivity index (χ4n) is 3.17. The maximum Gasteiger partial charge on any atom is 0.0776 e. The Bertz CT molecular complexity index is 413. The lowest BCUT2D eigenvalue weighted by Gasteiger charge is -2.35. The Morgan fingerprint density at radius 2 is 2.11 bits per heavy atom. The molecule has 1 aliphatic carbocycles. The van der Waals surface area contributed by atoms with Crippen LogP contribution in [0.3, 0.4) is 0 Å². The van der Waals surface area contributed by atoms with Crippen molar-refractivity contribution in [3.63, 3.8) is 0 Å². The van der Waals surface area contributed by atoms with Crippen molar-refractivity contribution < 1.29 is 4.74 Å². The molecule has 0 bridgehead atoms. The second kappa shape index (κ2) is 6.06. The first kappa shape index (κ1) is 14.5. The van der Waals surface area contributed by atoms with E-state index in [-0.39, 0.29) is 11.6 Å². The Kier molecular flexibility index (Phi) is 4.64. The lowest BCUT2D eigenvalue weighted by Crippen LogP contribution is -2.46. The minimum atomic E-state index is -0.235. The third-order valence-electron chi connectivity index (χ3n) is 4.44. The molecule has 0 heterocycles. The summed E-state index contributed by atoms with van der Waals surface area (Å²) in [5.74, 6) is 0.597. The van der Waals surface area contributed by atoms with Crippen LogP contribution < -0.4 is 5.73 Å². The molecule has 0 aromatic heterocycles. The van der Waals surface area contributed by atoms with Gasteiger partial charge in [0, 0.05) is 12.6 Å². The van der Waals surface area contributed by atoms with Gasteiger partial charge in [0.05, 0.1) is 5.60 Å². The van der Waals surface area contributed by atoms with Crippen molar-refractivity contribution in [3.8, 4) is 0 Å². The normalized spacial score (nSPS) is 20.9. The Balaban J connectivity index is 2.08. The summed E-state index contributed by atoms with van der Waals surface area (Å²) in [5.41, 5.74) is 9.19. The summed E-state index contributed by atoms with van der Waals surface area (Å²) in [5, 5.41) is 0. The SMILES string of the molecule is CCOC(C)(C)C(N)CC1CCCc2ccccc21. The maximum atomic E-state index is 6.40. The van der Waals surface area contributed by atoms with Crippen LogP contribution in [0, 0.1) is 0 Å². The van der Waals surface area contributed by atoms with Crippen LogP contribution in [0.5, 0.6) is 0 Å². The van der Waals surface area contributed by atoms with Gasteiger partial charge < -0.3 is 10.5 Å². The molecule has 1 aromatic rings. The molecular formula is C17H27NO. The highest BCUT2D eigenvalue weighted by Gasteiger charge is 2.31. The molecule has 0 saturated carbocycles. The highest BCUT2D eigenvalue weighted by molar-refractivity contribution is 5.32. The monoisotopic (exact) mass is 261 g/mol. The van der Waals surface area contributed by atoms with Crippen LogP contribution in [-0.4, -0.2) is 18.2 Å². The third kappa shape index (κ3) is 3.37. The minimum absolute atomic E-state index is 0.0867. The molecule has 2 unspecified atom stereocenters. The number of fused-ring (bicyclic) bond motifs is 1. The van der Waals surface area contributed by atoms with Crippen LogP contribution in [0.4, 0.5) is 0 Å². The van der Waals surface area contributed by atoms with Gasteiger partial charge in [-0.2, -0.15) is 0 Å². The van der Waals surface area contributed by atoms with E-state index >= 15 is 0 Å². The van der Waals surface area contributed by atoms with Gasteiger partial charge >= 0.3 is 0 Å². The molecule has 2 heteroatoms. The average molecular weight is 261 g/mol. The molecule has 0 aliphatic heterocycles. The molecule has 0 amide bonds. The average Bonchev–Trinajstić information content (AvgIpc) is 2.39. The van der Waals surface area contributed by atoms with Gasteiger partial charge in [0.25, 0.3) is 0 Å². The molecule has 106 valence electrons. The molecule has 19 heavy (non-hydrogen) atoms. The molecular weight excluding hydrogens is 234 g/mol. The molecule has 0 saturated heterocycles. The first-order chi connectivity index (χ1) is 9.04. The van der Waals surface area contributed by atoms with Crippen molar-refractivity contribution >= 4 is 0 Å². The second-order valence-corrected chi connectivity index (χ2v) is 6.17. The molecule has 2 rings (SSSR count). The van der Waals surface area contributed by atoms with E-state index in [1.165, 1.54) is 30.4 Å². The number of hydrogen-bond acceptors (Lipinski definition) is 2. The number of rotatable bonds is 5. The van der Waals surface area contributed by atoms with Gasteiger partial charge in [-0.05, 0) is 63.5 Å². The van der Waals surface area contributed by atoms with Crippen LogP contribution in [0.15, 0.2) is 24.3 Å². The predicted molar refractivity (Wildman–Crippen MR) is 80.4 cm³/mol. The van der Waals surface area contributed by atoms with E-state index in [1.54, 1.807) is 0 Å². The number of aryl methyl sites for hydroxylation is 1. The summed E-state index contributed by atoms with van der Waals surface area (Å²) in [6.45, 7) is 6.97.